The molecule has 2 aromatic carbocycles. The number of aromatic nitrogens is 2. The maximum Gasteiger partial charge on any atom is 0.328 e. The number of aromatic amines is 1. The molecular formula is C21H23N3O5. The van der Waals surface area contributed by atoms with E-state index in [1.807, 2.05) is 13.8 Å². The fourth-order valence-electron chi connectivity index (χ4n) is 3.02. The molecule has 1 aromatic heterocycles. The minimum atomic E-state index is -0.509. The Bertz CT molecular complexity index is 1160. The van der Waals surface area contributed by atoms with Crippen LogP contribution in [-0.4, -0.2) is 28.7 Å². The Morgan fingerprint density at radius 1 is 1.03 bits per heavy atom. The molecule has 1 amide bonds. The van der Waals surface area contributed by atoms with Gasteiger partial charge in [-0.3, -0.25) is 14.2 Å². The van der Waals surface area contributed by atoms with Crippen LogP contribution in [0.25, 0.3) is 10.9 Å². The number of carbonyl (C=O) groups is 1. The number of nitrogens with one attached hydrogen (secondary N) is 2. The Hall–Kier alpha value is -3.55. The van der Waals surface area contributed by atoms with Gasteiger partial charge in [-0.1, -0.05) is 0 Å². The second-order valence-corrected chi connectivity index (χ2v) is 6.22. The molecule has 8 heteroatoms. The van der Waals surface area contributed by atoms with E-state index in [2.05, 4.69) is 10.3 Å². The van der Waals surface area contributed by atoms with Crippen molar-refractivity contribution in [2.24, 2.45) is 0 Å². The first-order valence-electron chi connectivity index (χ1n) is 9.46. The van der Waals surface area contributed by atoms with Gasteiger partial charge in [-0.25, -0.2) is 4.79 Å². The van der Waals surface area contributed by atoms with E-state index in [1.54, 1.807) is 31.2 Å². The molecule has 0 saturated heterocycles. The number of rotatable bonds is 7. The molecule has 0 unspecified atom stereocenters. The molecule has 0 aliphatic heterocycles. The van der Waals surface area contributed by atoms with Crippen molar-refractivity contribution in [1.82, 2.24) is 9.55 Å². The molecule has 0 radical (unpaired) electrons. The molecule has 152 valence electrons. The van der Waals surface area contributed by atoms with Crippen LogP contribution in [0.4, 0.5) is 5.69 Å². The van der Waals surface area contributed by atoms with E-state index in [0.29, 0.717) is 46.9 Å². The molecule has 8 nitrogen and oxygen atoms in total. The van der Waals surface area contributed by atoms with Crippen molar-refractivity contribution in [2.75, 3.05) is 18.5 Å². The highest BCUT2D eigenvalue weighted by Crippen LogP contribution is 2.30. The molecule has 0 aliphatic rings. The average molecular weight is 397 g/mol. The van der Waals surface area contributed by atoms with E-state index >= 15 is 0 Å². The molecule has 29 heavy (non-hydrogen) atoms. The van der Waals surface area contributed by atoms with Crippen LogP contribution in [0.15, 0.2) is 46.0 Å². The van der Waals surface area contributed by atoms with Crippen molar-refractivity contribution in [3.63, 3.8) is 0 Å². The number of H-pyrrole nitrogens is 1. The molecule has 1 heterocycles. The van der Waals surface area contributed by atoms with E-state index in [-0.39, 0.29) is 12.1 Å². The summed E-state index contributed by atoms with van der Waals surface area (Å²) in [5, 5.41) is 3.15. The third-order valence-electron chi connectivity index (χ3n) is 4.37. The quantitative estimate of drug-likeness (QED) is 0.638. The zero-order chi connectivity index (χ0) is 21.0. The number of amides is 1. The predicted octanol–water partition coefficient (Wildman–Crippen LogP) is 2.76. The van der Waals surface area contributed by atoms with E-state index in [4.69, 9.17) is 9.47 Å². The smallest absolute Gasteiger partial charge is 0.328 e. The van der Waals surface area contributed by atoms with Crippen molar-refractivity contribution in [3.8, 4) is 11.5 Å². The minimum Gasteiger partial charge on any atom is -0.494 e. The molecule has 3 rings (SSSR count). The van der Waals surface area contributed by atoms with Crippen LogP contribution in [0.3, 0.4) is 0 Å². The van der Waals surface area contributed by atoms with Gasteiger partial charge in [-0.2, -0.15) is 0 Å². The number of hydrogen-bond donors (Lipinski definition) is 2. The molecule has 0 bridgehead atoms. The van der Waals surface area contributed by atoms with Gasteiger partial charge in [-0.15, -0.1) is 0 Å². The number of nitrogens with zero attached hydrogens (tertiary/aromatic N) is 1. The summed E-state index contributed by atoms with van der Waals surface area (Å²) in [5.74, 6) is 0.723. The fraction of sp³-hybridized carbons (Fsp3) is 0.286. The number of anilines is 1. The summed E-state index contributed by atoms with van der Waals surface area (Å²) < 4.78 is 12.2. The standard InChI is InChI=1S/C21H23N3O5/c1-4-24-20(26)15-9-7-13(11-16(15)23-21(24)27)19(25)22-17-12-14(28-5-2)8-10-18(17)29-6-3/h7-12H,4-6H2,1-3H3,(H,22,25)(H,23,27). The number of benzene rings is 2. The van der Waals surface area contributed by atoms with Crippen LogP contribution in [-0.2, 0) is 6.54 Å². The van der Waals surface area contributed by atoms with Gasteiger partial charge >= 0.3 is 5.69 Å². The Kier molecular flexibility index (Phi) is 6.01. The van der Waals surface area contributed by atoms with Crippen LogP contribution in [0.1, 0.15) is 31.1 Å². The zero-order valence-electron chi connectivity index (χ0n) is 16.6. The van der Waals surface area contributed by atoms with Crippen molar-refractivity contribution in [1.29, 1.82) is 0 Å². The lowest BCUT2D eigenvalue weighted by atomic mass is 10.1. The molecule has 0 atom stereocenters. The Labute approximate surface area is 167 Å². The zero-order valence-corrected chi connectivity index (χ0v) is 16.6. The summed E-state index contributed by atoms with van der Waals surface area (Å²) in [6, 6.07) is 9.76. The topological polar surface area (TPSA) is 102 Å². The van der Waals surface area contributed by atoms with Crippen molar-refractivity contribution in [3.05, 3.63) is 62.8 Å². The SMILES string of the molecule is CCOc1ccc(OCC)c(NC(=O)c2ccc3c(=O)n(CC)c(=O)[nH]c3c2)c1. The lowest BCUT2D eigenvalue weighted by Crippen LogP contribution is -2.34. The molecule has 0 saturated carbocycles. The highest BCUT2D eigenvalue weighted by molar-refractivity contribution is 6.06. The summed E-state index contributed by atoms with van der Waals surface area (Å²) in [6.45, 7) is 6.65. The molecule has 0 aliphatic carbocycles. The summed E-state index contributed by atoms with van der Waals surface area (Å²) >= 11 is 0. The maximum absolute atomic E-state index is 12.8. The Morgan fingerprint density at radius 3 is 2.48 bits per heavy atom. The highest BCUT2D eigenvalue weighted by atomic mass is 16.5. The van der Waals surface area contributed by atoms with Gasteiger partial charge in [0.05, 0.1) is 29.8 Å². The minimum absolute atomic E-state index is 0.267. The number of carbonyl (C=O) groups excluding carboxylic acids is 1. The van der Waals surface area contributed by atoms with Crippen molar-refractivity contribution >= 4 is 22.5 Å². The van der Waals surface area contributed by atoms with Crippen LogP contribution >= 0.6 is 0 Å². The highest BCUT2D eigenvalue weighted by Gasteiger charge is 2.14. The third-order valence-corrected chi connectivity index (χ3v) is 4.37. The van der Waals surface area contributed by atoms with Gasteiger partial charge in [0, 0.05) is 18.2 Å². The lowest BCUT2D eigenvalue weighted by Gasteiger charge is -2.14. The molecule has 3 aromatic rings. The third kappa shape index (κ3) is 4.16. The molecule has 0 spiro atoms. The largest absolute Gasteiger partial charge is 0.494 e. The van der Waals surface area contributed by atoms with Crippen LogP contribution in [0, 0.1) is 0 Å². The van der Waals surface area contributed by atoms with Crippen LogP contribution in [0.5, 0.6) is 11.5 Å². The number of fused-ring (bicyclic) bond motifs is 1. The van der Waals surface area contributed by atoms with Crippen molar-refractivity contribution in [2.45, 2.75) is 27.3 Å². The fourth-order valence-corrected chi connectivity index (χ4v) is 3.02. The van der Waals surface area contributed by atoms with Gasteiger partial charge in [0.15, 0.2) is 0 Å². The lowest BCUT2D eigenvalue weighted by molar-refractivity contribution is 0.102. The van der Waals surface area contributed by atoms with Crippen LogP contribution in [0.2, 0.25) is 0 Å². The average Bonchev–Trinajstić information content (AvgIpc) is 2.70. The Morgan fingerprint density at radius 2 is 1.79 bits per heavy atom. The van der Waals surface area contributed by atoms with Gasteiger partial charge in [-0.05, 0) is 51.1 Å². The summed E-state index contributed by atoms with van der Waals surface area (Å²) in [4.78, 5) is 39.9. The van der Waals surface area contributed by atoms with Crippen molar-refractivity contribution < 1.29 is 14.3 Å². The molecule has 0 fully saturated rings. The first-order chi connectivity index (χ1) is 14.0. The van der Waals surface area contributed by atoms with E-state index in [9.17, 15) is 14.4 Å². The predicted molar refractivity (Wildman–Crippen MR) is 111 cm³/mol. The first kappa shape index (κ1) is 20.2. The summed E-state index contributed by atoms with van der Waals surface area (Å²) in [7, 11) is 0. The number of hydrogen-bond acceptors (Lipinski definition) is 5. The van der Waals surface area contributed by atoms with Crippen LogP contribution < -0.4 is 26.0 Å². The summed E-state index contributed by atoms with van der Waals surface area (Å²) in [5.41, 5.74) is 0.182. The monoisotopic (exact) mass is 397 g/mol. The summed E-state index contributed by atoms with van der Waals surface area (Å²) in [6.07, 6.45) is 0. The first-order valence-corrected chi connectivity index (χ1v) is 9.46. The Balaban J connectivity index is 1.97. The maximum atomic E-state index is 12.8. The van der Waals surface area contributed by atoms with E-state index in [0.717, 1.165) is 4.57 Å². The van der Waals surface area contributed by atoms with Gasteiger partial charge in [0.2, 0.25) is 0 Å². The second kappa shape index (κ2) is 8.64. The van der Waals surface area contributed by atoms with E-state index in [1.165, 1.54) is 12.1 Å². The van der Waals surface area contributed by atoms with E-state index < -0.39 is 11.6 Å². The normalized spacial score (nSPS) is 10.7. The van der Waals surface area contributed by atoms with Gasteiger partial charge in [0.25, 0.3) is 11.5 Å². The second-order valence-electron chi connectivity index (χ2n) is 6.22. The van der Waals surface area contributed by atoms with Gasteiger partial charge in [0.1, 0.15) is 11.5 Å². The molecule has 2 N–H and O–H groups in total. The molecular weight excluding hydrogens is 374 g/mol. The van der Waals surface area contributed by atoms with Gasteiger partial charge < -0.3 is 19.8 Å². The number of ether oxygens (including phenoxy) is 2.